The summed E-state index contributed by atoms with van der Waals surface area (Å²) in [6, 6.07) is -2.36. The Labute approximate surface area is 428 Å². The maximum Gasteiger partial charge on any atom is 0.313 e. The highest BCUT2D eigenvalue weighted by molar-refractivity contribution is 5.82. The Morgan fingerprint density at radius 1 is 0.726 bits per heavy atom. The fourth-order valence-corrected chi connectivity index (χ4v) is 8.81. The molecule has 0 unspecified atom stereocenters. The van der Waals surface area contributed by atoms with Crippen LogP contribution in [0.25, 0.3) is 0 Å². The van der Waals surface area contributed by atoms with Crippen LogP contribution in [0.2, 0.25) is 0 Å². The van der Waals surface area contributed by atoms with E-state index in [1.54, 1.807) is 86.8 Å². The van der Waals surface area contributed by atoms with E-state index in [2.05, 4.69) is 5.32 Å². The molecule has 21 heteroatoms. The highest BCUT2D eigenvalue weighted by atomic mass is 16.7. The summed E-state index contributed by atoms with van der Waals surface area (Å²) in [6.07, 6.45) is 2.89. The van der Waals surface area contributed by atoms with Crippen molar-refractivity contribution in [1.29, 1.82) is 0 Å². The minimum atomic E-state index is -2.33. The second-order valence-electron chi connectivity index (χ2n) is 19.4. The van der Waals surface area contributed by atoms with Gasteiger partial charge in [-0.2, -0.15) is 0 Å². The summed E-state index contributed by atoms with van der Waals surface area (Å²) in [6.45, 7) is 6.81. The highest BCUT2D eigenvalue weighted by Crippen LogP contribution is 2.38. The zero-order valence-corrected chi connectivity index (χ0v) is 42.5. The maximum absolute atomic E-state index is 13.2. The number of esters is 2. The predicted octanol–water partition coefficient (Wildman–Crippen LogP) is -0.366. The topological polar surface area (TPSA) is 364 Å². The lowest BCUT2D eigenvalue weighted by Gasteiger charge is -2.46. The van der Waals surface area contributed by atoms with E-state index in [9.17, 15) is 65.4 Å². The molecule has 15 N–H and O–H groups in total. The molecule has 2 saturated heterocycles. The number of nitrogens with two attached hydrogens (primary N) is 2. The quantitative estimate of drug-likeness (QED) is 0.145. The number of aliphatic hydroxyl groups excluding tert-OH is 9. The number of carbonyl (C=O) groups is 3. The first-order chi connectivity index (χ1) is 34.5. The maximum atomic E-state index is 13.2. The van der Waals surface area contributed by atoms with Gasteiger partial charge < -0.3 is 91.5 Å². The van der Waals surface area contributed by atoms with E-state index in [4.69, 9.17) is 35.2 Å². The number of cyclic esters (lactones) is 1. The number of allylic oxidation sites excluding steroid dienone is 12. The lowest BCUT2D eigenvalue weighted by atomic mass is 9.82. The summed E-state index contributed by atoms with van der Waals surface area (Å²) in [7, 11) is 1.10. The van der Waals surface area contributed by atoms with E-state index >= 15 is 0 Å². The third-order valence-corrected chi connectivity index (χ3v) is 13.3. The first-order valence-corrected chi connectivity index (χ1v) is 25.1. The molecule has 1 amide bonds. The van der Waals surface area contributed by atoms with Gasteiger partial charge in [-0.1, -0.05) is 98.9 Å². The second-order valence-corrected chi connectivity index (χ2v) is 19.4. The van der Waals surface area contributed by atoms with Gasteiger partial charge in [-0.05, 0) is 46.1 Å². The van der Waals surface area contributed by atoms with Gasteiger partial charge in [0.05, 0.1) is 86.7 Å². The molecule has 0 aromatic carbocycles. The monoisotopic (exact) mass is 1040 g/mol. The van der Waals surface area contributed by atoms with Crippen LogP contribution in [0.1, 0.15) is 85.5 Å². The number of nitrogens with one attached hydrogen (secondary N) is 1. The Morgan fingerprint density at radius 3 is 1.90 bits per heavy atom. The number of carbonyl (C=O) groups excluding carboxylic acids is 3. The number of amides is 1. The van der Waals surface area contributed by atoms with E-state index < -0.39 is 159 Å². The van der Waals surface area contributed by atoms with Crippen molar-refractivity contribution < 1.29 is 89.1 Å². The van der Waals surface area contributed by atoms with Gasteiger partial charge in [-0.15, -0.1) is 0 Å². The van der Waals surface area contributed by atoms with Crippen LogP contribution in [0, 0.1) is 17.8 Å². The van der Waals surface area contributed by atoms with Gasteiger partial charge >= 0.3 is 11.9 Å². The first kappa shape index (κ1) is 63.3. The lowest BCUT2D eigenvalue weighted by Crippen LogP contribution is -2.65. The zero-order chi connectivity index (χ0) is 54.4. The number of aliphatic hydroxyl groups is 10. The summed E-state index contributed by atoms with van der Waals surface area (Å²) in [5, 5.41) is 113. The molecule has 3 heterocycles. The Kier molecular flexibility index (Phi) is 27.5. The molecule has 21 nitrogen and oxygen atoms in total. The molecule has 3 aliphatic heterocycles. The van der Waals surface area contributed by atoms with E-state index in [0.717, 1.165) is 7.11 Å². The van der Waals surface area contributed by atoms with Gasteiger partial charge in [-0.3, -0.25) is 14.4 Å². The van der Waals surface area contributed by atoms with E-state index in [1.165, 1.54) is 13.0 Å². The van der Waals surface area contributed by atoms with Crippen molar-refractivity contribution in [1.82, 2.24) is 5.32 Å². The zero-order valence-electron chi connectivity index (χ0n) is 42.5. The SMILES string of the molecule is COC(=O)[C@H]1[C@@H]2C[C@@H](O[C@@H]3O[C@H](C)[C@@H](O)[C@H](NC(=O)[C@H](N)CCN)[C@@H]3O)C=CC=CC=CC=CC=CC=CC=C[C@H](C)[C@@H](O)[C@@H](C)[C@H](C)OC(=O)C[C@H](O)C[C@H](O)CC[C@@H](O)[C@H](O)C[C@H](O)C[C@](O)(C[C@@H]1O)O2. The standard InChI is InChI=1S/C52H83N3O18/c1-30-18-16-14-12-10-8-6-7-9-11-13-15-17-19-37(72-51-48(65)45(47(64)33(4)71-51)55-49(66)38(54)22-23-53)27-42-44(50(67)69-5)41(61)29-52(68,73-42)28-36(58)25-40(60)39(59)21-20-34(56)24-35(57)26-43(62)70-32(3)31(2)46(30)63/h6-19,30-42,44-48,51,56-61,63-65,68H,20-29,53-54H2,1-5H3,(H,55,66)/t30-,31-,32-,33+,34+,35+,36-,37-,38+,39+,40+,41-,42-,44+,45-,46+,47+,48-,51-,52+/m0/s1. The van der Waals surface area contributed by atoms with Gasteiger partial charge in [0.1, 0.15) is 24.2 Å². The summed E-state index contributed by atoms with van der Waals surface area (Å²) in [5.74, 6) is -6.83. The van der Waals surface area contributed by atoms with Crippen LogP contribution >= 0.6 is 0 Å². The largest absolute Gasteiger partial charge is 0.469 e. The van der Waals surface area contributed by atoms with Crippen molar-refractivity contribution >= 4 is 17.8 Å². The molecule has 414 valence electrons. The molecule has 20 atom stereocenters. The minimum Gasteiger partial charge on any atom is -0.469 e. The minimum absolute atomic E-state index is 0.108. The van der Waals surface area contributed by atoms with Crippen molar-refractivity contribution in [3.8, 4) is 0 Å². The molecule has 2 bridgehead atoms. The molecule has 0 radical (unpaired) electrons. The lowest BCUT2D eigenvalue weighted by molar-refractivity contribution is -0.309. The predicted molar refractivity (Wildman–Crippen MR) is 267 cm³/mol. The van der Waals surface area contributed by atoms with Crippen molar-refractivity contribution in [3.63, 3.8) is 0 Å². The molecule has 2 fully saturated rings. The van der Waals surface area contributed by atoms with Crippen molar-refractivity contribution in [2.45, 2.75) is 189 Å². The normalized spacial score (nSPS) is 39.1. The van der Waals surface area contributed by atoms with E-state index in [1.807, 2.05) is 13.0 Å². The molecule has 73 heavy (non-hydrogen) atoms. The van der Waals surface area contributed by atoms with Gasteiger partial charge in [0, 0.05) is 37.5 Å². The summed E-state index contributed by atoms with van der Waals surface area (Å²) in [5.41, 5.74) is 11.5. The average Bonchev–Trinajstić information content (AvgIpc) is 3.32. The summed E-state index contributed by atoms with van der Waals surface area (Å²) < 4.78 is 28.7. The number of hydrogen-bond acceptors (Lipinski definition) is 20. The average molecular weight is 1040 g/mol. The van der Waals surface area contributed by atoms with Gasteiger partial charge in [0.2, 0.25) is 5.91 Å². The first-order valence-electron chi connectivity index (χ1n) is 25.1. The van der Waals surface area contributed by atoms with E-state index in [-0.39, 0.29) is 44.6 Å². The van der Waals surface area contributed by atoms with Crippen LogP contribution in [0.15, 0.2) is 85.1 Å². The molecule has 3 rings (SSSR count). The molecule has 0 aromatic heterocycles. The van der Waals surface area contributed by atoms with Gasteiger partial charge in [0.15, 0.2) is 12.1 Å². The van der Waals surface area contributed by atoms with Crippen molar-refractivity contribution in [2.75, 3.05) is 13.7 Å². The number of methoxy groups -OCH3 is 1. The molecule has 0 saturated carbocycles. The van der Waals surface area contributed by atoms with Gasteiger partial charge in [-0.25, -0.2) is 0 Å². The van der Waals surface area contributed by atoms with Crippen LogP contribution < -0.4 is 16.8 Å². The number of hydrogen-bond donors (Lipinski definition) is 13. The molecule has 0 spiro atoms. The van der Waals surface area contributed by atoms with Crippen LogP contribution in [-0.2, 0) is 38.1 Å². The third kappa shape index (κ3) is 21.3. The van der Waals surface area contributed by atoms with Crippen molar-refractivity contribution in [2.24, 2.45) is 29.2 Å². The number of ether oxygens (including phenoxy) is 5. The number of rotatable bonds is 7. The second kappa shape index (κ2) is 31.8. The smallest absolute Gasteiger partial charge is 0.313 e. The molecular weight excluding hydrogens is 955 g/mol. The Hall–Kier alpha value is -4.01. The Morgan fingerprint density at radius 2 is 1.32 bits per heavy atom. The Balaban J connectivity index is 1.94. The third-order valence-electron chi connectivity index (χ3n) is 13.3. The summed E-state index contributed by atoms with van der Waals surface area (Å²) >= 11 is 0. The molecule has 0 aliphatic carbocycles. The summed E-state index contributed by atoms with van der Waals surface area (Å²) in [4.78, 5) is 38.8. The molecule has 0 aromatic rings. The molecule has 3 aliphatic rings. The van der Waals surface area contributed by atoms with Crippen LogP contribution in [0.3, 0.4) is 0 Å². The van der Waals surface area contributed by atoms with Crippen LogP contribution in [0.4, 0.5) is 0 Å². The van der Waals surface area contributed by atoms with Crippen molar-refractivity contribution in [3.05, 3.63) is 85.1 Å². The fraction of sp³-hybridized carbons (Fsp3) is 0.673. The van der Waals surface area contributed by atoms with Crippen LogP contribution in [-0.4, -0.2) is 186 Å². The van der Waals surface area contributed by atoms with Crippen LogP contribution in [0.5, 0.6) is 0 Å². The molecular formula is C52H83N3O18. The van der Waals surface area contributed by atoms with E-state index in [0.29, 0.717) is 0 Å². The Bertz CT molecular complexity index is 1900. The highest BCUT2D eigenvalue weighted by Gasteiger charge is 2.51. The van der Waals surface area contributed by atoms with Gasteiger partial charge in [0.25, 0.3) is 0 Å². The fourth-order valence-electron chi connectivity index (χ4n) is 8.81. The number of fused-ring (bicyclic) bond motifs is 2.